The van der Waals surface area contributed by atoms with Crippen molar-refractivity contribution in [3.8, 4) is 0 Å². The molecule has 0 rings (SSSR count). The van der Waals surface area contributed by atoms with Gasteiger partial charge in [-0.15, -0.1) is 0 Å². The summed E-state index contributed by atoms with van der Waals surface area (Å²) in [5.41, 5.74) is 0.667. The average molecular weight is 340 g/mol. The van der Waals surface area contributed by atoms with Crippen LogP contribution in [0.5, 0.6) is 0 Å². The van der Waals surface area contributed by atoms with E-state index in [1.54, 1.807) is 13.8 Å². The van der Waals surface area contributed by atoms with Crippen LogP contribution in [0.1, 0.15) is 13.8 Å². The third-order valence-corrected chi connectivity index (χ3v) is 0. The number of halogens is 2. The summed E-state index contributed by atoms with van der Waals surface area (Å²) < 4.78 is 0. The zero-order valence-electron chi connectivity index (χ0n) is 4.78. The summed E-state index contributed by atoms with van der Waals surface area (Å²) in [5.74, 6) is 0. The Labute approximate surface area is 77.0 Å². The summed E-state index contributed by atoms with van der Waals surface area (Å²) in [6.45, 7) is 3.50. The molecule has 0 saturated heterocycles. The molecule has 8 heavy (non-hydrogen) atoms. The van der Waals surface area contributed by atoms with E-state index in [1.165, 1.54) is 0 Å². The first-order valence-electron chi connectivity index (χ1n) is 1.25. The van der Waals surface area contributed by atoms with Crippen molar-refractivity contribution in [3.63, 3.8) is 0 Å². The standard InChI is InChI=1S/C3H7N.2ClH.H3N.Pt/c1-3(2)4;;;;/h4H,1-2H3;2*1H;1H3;/q;;;;+2/p-2. The molecular formula is C3H10Cl2N2Pt. The van der Waals surface area contributed by atoms with Crippen molar-refractivity contribution >= 4 is 5.71 Å². The van der Waals surface area contributed by atoms with E-state index >= 15 is 0 Å². The van der Waals surface area contributed by atoms with Gasteiger partial charge >= 0.3 is 21.1 Å². The van der Waals surface area contributed by atoms with Crippen LogP contribution in [-0.2, 0) is 21.1 Å². The molecule has 0 amide bonds. The minimum absolute atomic E-state index is 0. The Morgan fingerprint density at radius 1 is 1.12 bits per heavy atom. The van der Waals surface area contributed by atoms with Gasteiger partial charge in [-0.25, -0.2) is 0 Å². The summed E-state index contributed by atoms with van der Waals surface area (Å²) in [7, 11) is 0. The monoisotopic (exact) mass is 339 g/mol. The molecule has 0 fully saturated rings. The predicted octanol–water partition coefficient (Wildman–Crippen LogP) is -4.79. The SMILES string of the molecule is CC(C)=N.N.[Cl-].[Cl-].[Pt+2]. The van der Waals surface area contributed by atoms with Crippen molar-refractivity contribution in [2.75, 3.05) is 0 Å². The molecule has 5 heteroatoms. The average Bonchev–Trinajstić information content (AvgIpc) is 0.811. The third-order valence-electron chi connectivity index (χ3n) is 0. The Bertz CT molecular complexity index is 38.3. The largest absolute Gasteiger partial charge is 2.00 e. The van der Waals surface area contributed by atoms with Crippen LogP contribution in [0, 0.1) is 5.41 Å². The van der Waals surface area contributed by atoms with Gasteiger partial charge in [-0.2, -0.15) is 0 Å². The molecule has 0 saturated carbocycles. The molecule has 0 aliphatic carbocycles. The molecule has 0 aromatic carbocycles. The number of hydrogen-bond acceptors (Lipinski definition) is 2. The van der Waals surface area contributed by atoms with E-state index in [0.29, 0.717) is 5.71 Å². The van der Waals surface area contributed by atoms with E-state index in [0.717, 1.165) is 0 Å². The Morgan fingerprint density at radius 2 is 1.12 bits per heavy atom. The fourth-order valence-electron chi connectivity index (χ4n) is 0. The van der Waals surface area contributed by atoms with Crippen LogP contribution in [0.2, 0.25) is 0 Å². The Hall–Kier alpha value is 0.898. The van der Waals surface area contributed by atoms with Crippen molar-refractivity contribution in [2.45, 2.75) is 13.8 Å². The van der Waals surface area contributed by atoms with Gasteiger partial charge in [0.1, 0.15) is 0 Å². The molecule has 0 radical (unpaired) electrons. The maximum absolute atomic E-state index is 6.50. The molecule has 0 aliphatic rings. The molecule has 0 unspecified atom stereocenters. The van der Waals surface area contributed by atoms with Crippen molar-refractivity contribution in [2.24, 2.45) is 0 Å². The van der Waals surface area contributed by atoms with Gasteiger partial charge < -0.3 is 36.4 Å². The van der Waals surface area contributed by atoms with E-state index in [4.69, 9.17) is 5.41 Å². The zero-order chi connectivity index (χ0) is 3.58. The molecule has 0 heterocycles. The Balaban J connectivity index is -0.00000000750. The fraction of sp³-hybridized carbons (Fsp3) is 0.667. The zero-order valence-corrected chi connectivity index (χ0v) is 8.56. The van der Waals surface area contributed by atoms with Gasteiger partial charge in [0.2, 0.25) is 0 Å². The Morgan fingerprint density at radius 3 is 1.12 bits per heavy atom. The second-order valence-corrected chi connectivity index (χ2v) is 1.00. The van der Waals surface area contributed by atoms with E-state index in [9.17, 15) is 0 Å². The van der Waals surface area contributed by atoms with Crippen molar-refractivity contribution < 1.29 is 45.9 Å². The first kappa shape index (κ1) is 36.5. The predicted molar refractivity (Wildman–Crippen MR) is 24.1 cm³/mol. The fourth-order valence-corrected chi connectivity index (χ4v) is 0. The van der Waals surface area contributed by atoms with E-state index in [2.05, 4.69) is 0 Å². The van der Waals surface area contributed by atoms with Gasteiger partial charge in [-0.1, -0.05) is 0 Å². The summed E-state index contributed by atoms with van der Waals surface area (Å²) in [5, 5.41) is 6.50. The quantitative estimate of drug-likeness (QED) is 0.428. The van der Waals surface area contributed by atoms with E-state index in [-0.39, 0.29) is 52.0 Å². The van der Waals surface area contributed by atoms with Crippen molar-refractivity contribution in [1.82, 2.24) is 6.15 Å². The van der Waals surface area contributed by atoms with E-state index < -0.39 is 0 Å². The van der Waals surface area contributed by atoms with E-state index in [1.807, 2.05) is 0 Å². The van der Waals surface area contributed by atoms with Crippen LogP contribution in [0.15, 0.2) is 0 Å². The molecule has 0 spiro atoms. The summed E-state index contributed by atoms with van der Waals surface area (Å²) in [4.78, 5) is 0. The second-order valence-electron chi connectivity index (χ2n) is 1.00. The van der Waals surface area contributed by atoms with Crippen molar-refractivity contribution in [3.05, 3.63) is 0 Å². The van der Waals surface area contributed by atoms with Crippen molar-refractivity contribution in [1.29, 1.82) is 5.41 Å². The molecule has 0 atom stereocenters. The molecule has 0 bridgehead atoms. The molecule has 4 N–H and O–H groups in total. The first-order chi connectivity index (χ1) is 1.73. The maximum Gasteiger partial charge on any atom is 2.00 e. The van der Waals surface area contributed by atoms with Crippen LogP contribution < -0.4 is 31.0 Å². The Kier molecular flexibility index (Phi) is 113. The second kappa shape index (κ2) is 24.7. The molecule has 0 aliphatic heterocycles. The van der Waals surface area contributed by atoms with Gasteiger partial charge in [-0.3, -0.25) is 0 Å². The number of hydrogen-bond donors (Lipinski definition) is 2. The third kappa shape index (κ3) is 297. The summed E-state index contributed by atoms with van der Waals surface area (Å²) in [6.07, 6.45) is 0. The maximum atomic E-state index is 6.50. The first-order valence-corrected chi connectivity index (χ1v) is 1.25. The minimum Gasteiger partial charge on any atom is -1.00 e. The number of nitrogens with one attached hydrogen (secondary N) is 1. The summed E-state index contributed by atoms with van der Waals surface area (Å²) in [6, 6.07) is 0. The topological polar surface area (TPSA) is 58.9 Å². The number of rotatable bonds is 0. The van der Waals surface area contributed by atoms with Crippen LogP contribution in [-0.4, -0.2) is 5.71 Å². The van der Waals surface area contributed by atoms with Gasteiger partial charge in [0.05, 0.1) is 0 Å². The van der Waals surface area contributed by atoms with Crippen LogP contribution in [0.25, 0.3) is 0 Å². The normalized spacial score (nSPS) is 3.25. The van der Waals surface area contributed by atoms with Gasteiger partial charge in [0.25, 0.3) is 0 Å². The van der Waals surface area contributed by atoms with Crippen LogP contribution in [0.3, 0.4) is 0 Å². The molecular weight excluding hydrogens is 330 g/mol. The molecule has 0 aromatic heterocycles. The molecule has 2 nitrogen and oxygen atoms in total. The molecule has 0 aromatic rings. The minimum atomic E-state index is 0. The van der Waals surface area contributed by atoms with Crippen LogP contribution in [0.4, 0.5) is 0 Å². The van der Waals surface area contributed by atoms with Gasteiger partial charge in [-0.05, 0) is 13.8 Å². The summed E-state index contributed by atoms with van der Waals surface area (Å²) >= 11 is 0. The smallest absolute Gasteiger partial charge is 1.00 e. The molecule has 56 valence electrons. The van der Waals surface area contributed by atoms with Crippen LogP contribution >= 0.6 is 0 Å². The van der Waals surface area contributed by atoms with Gasteiger partial charge in [0, 0.05) is 5.71 Å². The van der Waals surface area contributed by atoms with Gasteiger partial charge in [0.15, 0.2) is 0 Å².